The van der Waals surface area contributed by atoms with E-state index in [9.17, 15) is 9.18 Å². The number of carbonyl (C=O) groups is 1. The van der Waals surface area contributed by atoms with Crippen LogP contribution in [0, 0.1) is 11.7 Å². The summed E-state index contributed by atoms with van der Waals surface area (Å²) in [6, 6.07) is 0.481. The summed E-state index contributed by atoms with van der Waals surface area (Å²) in [6.45, 7) is 0. The van der Waals surface area contributed by atoms with Gasteiger partial charge in [-0.25, -0.2) is 14.4 Å². The average molecular weight is 279 g/mol. The van der Waals surface area contributed by atoms with Gasteiger partial charge in [0.2, 0.25) is 5.91 Å². The Hall–Kier alpha value is -1.72. The van der Waals surface area contributed by atoms with Gasteiger partial charge in [0.15, 0.2) is 5.82 Å². The van der Waals surface area contributed by atoms with Crippen molar-refractivity contribution >= 4 is 5.91 Å². The van der Waals surface area contributed by atoms with E-state index in [2.05, 4.69) is 15.3 Å². The fraction of sp³-hybridized carbons (Fsp3) is 0.643. The van der Waals surface area contributed by atoms with Crippen molar-refractivity contribution in [1.82, 2.24) is 15.3 Å². The maximum atomic E-state index is 12.7. The van der Waals surface area contributed by atoms with Gasteiger partial charge < -0.3 is 10.1 Å². The molecule has 1 amide bonds. The lowest BCUT2D eigenvalue weighted by molar-refractivity contribution is -0.123. The molecule has 0 aromatic carbocycles. The Labute approximate surface area is 116 Å². The molecule has 0 aliphatic heterocycles. The Morgan fingerprint density at radius 1 is 1.15 bits per heavy atom. The summed E-state index contributed by atoms with van der Waals surface area (Å²) in [7, 11) is 0. The molecule has 2 saturated carbocycles. The van der Waals surface area contributed by atoms with Crippen molar-refractivity contribution in [2.24, 2.45) is 5.92 Å². The molecule has 0 atom stereocenters. The van der Waals surface area contributed by atoms with Crippen molar-refractivity contribution in [3.63, 3.8) is 0 Å². The lowest BCUT2D eigenvalue weighted by Crippen LogP contribution is -2.40. The Bertz CT molecular complexity index is 468. The van der Waals surface area contributed by atoms with E-state index in [0.29, 0.717) is 0 Å². The fourth-order valence-corrected chi connectivity index (χ4v) is 2.50. The number of nitrogens with one attached hydrogen (secondary N) is 1. The zero-order valence-corrected chi connectivity index (χ0v) is 11.2. The molecule has 3 rings (SSSR count). The Kier molecular flexibility index (Phi) is 3.80. The number of aromatic nitrogens is 2. The van der Waals surface area contributed by atoms with E-state index < -0.39 is 5.82 Å². The van der Waals surface area contributed by atoms with Crippen LogP contribution in [0.1, 0.15) is 38.5 Å². The molecule has 1 aromatic rings. The fourth-order valence-electron chi connectivity index (χ4n) is 2.50. The Morgan fingerprint density at radius 3 is 2.40 bits per heavy atom. The largest absolute Gasteiger partial charge is 0.460 e. The summed E-state index contributed by atoms with van der Waals surface area (Å²) in [5.41, 5.74) is 0. The number of halogens is 1. The monoisotopic (exact) mass is 279 g/mol. The smallest absolute Gasteiger partial charge is 0.316 e. The van der Waals surface area contributed by atoms with E-state index in [1.54, 1.807) is 0 Å². The molecule has 0 spiro atoms. The van der Waals surface area contributed by atoms with Gasteiger partial charge in [0, 0.05) is 12.0 Å². The van der Waals surface area contributed by atoms with Crippen LogP contribution in [0.5, 0.6) is 6.01 Å². The summed E-state index contributed by atoms with van der Waals surface area (Å²) in [4.78, 5) is 19.3. The number of carbonyl (C=O) groups excluding carboxylic acids is 1. The first-order valence-corrected chi connectivity index (χ1v) is 7.15. The number of ether oxygens (including phenoxy) is 1. The van der Waals surface area contributed by atoms with Crippen LogP contribution in [-0.2, 0) is 4.79 Å². The molecule has 20 heavy (non-hydrogen) atoms. The van der Waals surface area contributed by atoms with Crippen LogP contribution in [0.15, 0.2) is 12.4 Å². The van der Waals surface area contributed by atoms with E-state index >= 15 is 0 Å². The van der Waals surface area contributed by atoms with Gasteiger partial charge in [-0.05, 0) is 38.5 Å². The van der Waals surface area contributed by atoms with Crippen molar-refractivity contribution in [2.45, 2.75) is 50.7 Å². The van der Waals surface area contributed by atoms with Crippen molar-refractivity contribution in [3.05, 3.63) is 18.2 Å². The van der Waals surface area contributed by atoms with E-state index in [1.807, 2.05) is 0 Å². The molecule has 5 nitrogen and oxygen atoms in total. The number of hydrogen-bond acceptors (Lipinski definition) is 4. The first kappa shape index (κ1) is 13.3. The zero-order valence-electron chi connectivity index (χ0n) is 11.2. The van der Waals surface area contributed by atoms with Gasteiger partial charge >= 0.3 is 6.01 Å². The van der Waals surface area contributed by atoms with Crippen LogP contribution in [0.3, 0.4) is 0 Å². The molecule has 1 aromatic heterocycles. The van der Waals surface area contributed by atoms with Crippen molar-refractivity contribution < 1.29 is 13.9 Å². The Balaban J connectivity index is 1.43. The molecular weight excluding hydrogens is 261 g/mol. The molecular formula is C14H18FN3O2. The highest BCUT2D eigenvalue weighted by molar-refractivity contribution is 5.81. The van der Waals surface area contributed by atoms with Crippen LogP contribution < -0.4 is 10.1 Å². The minimum atomic E-state index is -0.469. The molecule has 2 aliphatic carbocycles. The quantitative estimate of drug-likeness (QED) is 0.913. The highest BCUT2D eigenvalue weighted by Gasteiger charge is 2.32. The molecule has 1 N–H and O–H groups in total. The predicted molar refractivity (Wildman–Crippen MR) is 69.5 cm³/mol. The molecule has 0 saturated heterocycles. The summed E-state index contributed by atoms with van der Waals surface area (Å²) < 4.78 is 18.3. The van der Waals surface area contributed by atoms with Crippen LogP contribution >= 0.6 is 0 Å². The normalized spacial score (nSPS) is 26.1. The second-order valence-corrected chi connectivity index (χ2v) is 5.56. The molecule has 2 fully saturated rings. The number of rotatable bonds is 4. The van der Waals surface area contributed by atoms with Gasteiger partial charge in [0.05, 0.1) is 12.4 Å². The summed E-state index contributed by atoms with van der Waals surface area (Å²) in [5, 5.41) is 3.10. The minimum Gasteiger partial charge on any atom is -0.460 e. The van der Waals surface area contributed by atoms with Crippen LogP contribution in [0.25, 0.3) is 0 Å². The SMILES string of the molecule is O=C(NC1CCC(Oc2ncc(F)cn2)CC1)C1CC1. The maximum absolute atomic E-state index is 12.7. The topological polar surface area (TPSA) is 64.1 Å². The van der Waals surface area contributed by atoms with Crippen molar-refractivity contribution in [1.29, 1.82) is 0 Å². The third-order valence-electron chi connectivity index (χ3n) is 3.84. The Morgan fingerprint density at radius 2 is 1.80 bits per heavy atom. The second kappa shape index (κ2) is 5.73. The van der Waals surface area contributed by atoms with Gasteiger partial charge in [0.1, 0.15) is 6.10 Å². The predicted octanol–water partition coefficient (Wildman–Crippen LogP) is 1.83. The average Bonchev–Trinajstić information content (AvgIpc) is 3.28. The lowest BCUT2D eigenvalue weighted by Gasteiger charge is -2.28. The highest BCUT2D eigenvalue weighted by Crippen LogP contribution is 2.30. The lowest BCUT2D eigenvalue weighted by atomic mass is 9.93. The first-order valence-electron chi connectivity index (χ1n) is 7.15. The van der Waals surface area contributed by atoms with Gasteiger partial charge in [-0.1, -0.05) is 0 Å². The van der Waals surface area contributed by atoms with Crippen molar-refractivity contribution in [3.8, 4) is 6.01 Å². The first-order chi connectivity index (χ1) is 9.70. The van der Waals surface area contributed by atoms with Gasteiger partial charge in [-0.2, -0.15) is 0 Å². The molecule has 0 radical (unpaired) electrons. The number of hydrogen-bond donors (Lipinski definition) is 1. The number of nitrogens with zero attached hydrogens (tertiary/aromatic N) is 2. The molecule has 1 heterocycles. The van der Waals surface area contributed by atoms with Gasteiger partial charge in [-0.3, -0.25) is 4.79 Å². The standard InChI is InChI=1S/C14H18FN3O2/c15-10-7-16-14(17-8-10)20-12-5-3-11(4-6-12)18-13(19)9-1-2-9/h7-9,11-12H,1-6H2,(H,18,19). The van der Waals surface area contributed by atoms with Gasteiger partial charge in [-0.15, -0.1) is 0 Å². The van der Waals surface area contributed by atoms with Crippen LogP contribution in [0.2, 0.25) is 0 Å². The zero-order chi connectivity index (χ0) is 13.9. The minimum absolute atomic E-state index is 0.0505. The van der Waals surface area contributed by atoms with E-state index in [-0.39, 0.29) is 30.0 Å². The third kappa shape index (κ3) is 3.43. The second-order valence-electron chi connectivity index (χ2n) is 5.56. The molecule has 0 bridgehead atoms. The van der Waals surface area contributed by atoms with E-state index in [0.717, 1.165) is 50.9 Å². The van der Waals surface area contributed by atoms with Gasteiger partial charge in [0.25, 0.3) is 0 Å². The van der Waals surface area contributed by atoms with E-state index in [4.69, 9.17) is 4.74 Å². The van der Waals surface area contributed by atoms with E-state index in [1.165, 1.54) is 0 Å². The number of amides is 1. The van der Waals surface area contributed by atoms with Crippen molar-refractivity contribution in [2.75, 3.05) is 0 Å². The molecule has 108 valence electrons. The molecule has 6 heteroatoms. The van der Waals surface area contributed by atoms with Crippen LogP contribution in [-0.4, -0.2) is 28.0 Å². The summed E-state index contributed by atoms with van der Waals surface area (Å²) in [5.74, 6) is -0.00308. The molecule has 0 unspecified atom stereocenters. The third-order valence-corrected chi connectivity index (χ3v) is 3.84. The summed E-state index contributed by atoms with van der Waals surface area (Å²) >= 11 is 0. The summed E-state index contributed by atoms with van der Waals surface area (Å²) in [6.07, 6.45) is 7.85. The maximum Gasteiger partial charge on any atom is 0.316 e. The van der Waals surface area contributed by atoms with Crippen LogP contribution in [0.4, 0.5) is 4.39 Å². The highest BCUT2D eigenvalue weighted by atomic mass is 19.1. The molecule has 2 aliphatic rings.